The summed E-state index contributed by atoms with van der Waals surface area (Å²) in [6.07, 6.45) is 0. The molecule has 2 N–H and O–H groups in total. The highest BCUT2D eigenvalue weighted by Gasteiger charge is 2.16. The van der Waals surface area contributed by atoms with Gasteiger partial charge in [0, 0.05) is 9.35 Å². The Morgan fingerprint density at radius 1 is 1.26 bits per heavy atom. The van der Waals surface area contributed by atoms with Crippen molar-refractivity contribution in [2.24, 2.45) is 0 Å². The van der Waals surface area contributed by atoms with E-state index in [0.29, 0.717) is 9.35 Å². The fraction of sp³-hybridized carbons (Fsp3) is 0.0769. The quantitative estimate of drug-likeness (QED) is 0.894. The normalized spacial score (nSPS) is 10.2. The first kappa shape index (κ1) is 13.8. The average Bonchev–Trinajstić information content (AvgIpc) is 2.78. The van der Waals surface area contributed by atoms with Crippen LogP contribution in [-0.2, 0) is 0 Å². The minimum Gasteiger partial charge on any atom is -0.478 e. The van der Waals surface area contributed by atoms with Crippen LogP contribution in [0.1, 0.15) is 24.9 Å². The molecule has 0 bridgehead atoms. The van der Waals surface area contributed by atoms with Crippen molar-refractivity contribution in [3.05, 3.63) is 50.1 Å². The van der Waals surface area contributed by atoms with Crippen LogP contribution in [-0.4, -0.2) is 17.0 Å². The largest absolute Gasteiger partial charge is 0.478 e. The van der Waals surface area contributed by atoms with Gasteiger partial charge < -0.3 is 10.4 Å². The number of carbonyl (C=O) groups excluding carboxylic acids is 1. The van der Waals surface area contributed by atoms with Crippen LogP contribution in [0.2, 0.25) is 0 Å². The van der Waals surface area contributed by atoms with E-state index in [1.54, 1.807) is 18.2 Å². The molecular formula is C13H10BrNO3S. The predicted octanol–water partition coefficient (Wildman–Crippen LogP) is 3.77. The average molecular weight is 340 g/mol. The van der Waals surface area contributed by atoms with Crippen molar-refractivity contribution in [1.29, 1.82) is 0 Å². The van der Waals surface area contributed by atoms with Crippen molar-refractivity contribution in [3.8, 4) is 0 Å². The SMILES string of the molecule is Cc1ccc(C(=O)Nc2c(Br)cccc2C(=O)O)s1. The number of para-hydroxylation sites is 1. The minimum atomic E-state index is -1.08. The van der Waals surface area contributed by atoms with E-state index in [-0.39, 0.29) is 17.2 Å². The fourth-order valence-electron chi connectivity index (χ4n) is 1.56. The number of amides is 1. The van der Waals surface area contributed by atoms with Gasteiger partial charge in [0.1, 0.15) is 0 Å². The first-order valence-electron chi connectivity index (χ1n) is 5.38. The van der Waals surface area contributed by atoms with Gasteiger partial charge in [0.05, 0.1) is 16.1 Å². The number of thiophene rings is 1. The lowest BCUT2D eigenvalue weighted by Crippen LogP contribution is -2.14. The van der Waals surface area contributed by atoms with Gasteiger partial charge in [-0.25, -0.2) is 4.79 Å². The number of rotatable bonds is 3. The summed E-state index contributed by atoms with van der Waals surface area (Å²) in [4.78, 5) is 24.7. The molecular weight excluding hydrogens is 330 g/mol. The Hall–Kier alpha value is -1.66. The van der Waals surface area contributed by atoms with Crippen molar-refractivity contribution in [3.63, 3.8) is 0 Å². The topological polar surface area (TPSA) is 66.4 Å². The number of carboxylic acid groups (broad SMARTS) is 1. The van der Waals surface area contributed by atoms with Gasteiger partial charge in [-0.15, -0.1) is 11.3 Å². The van der Waals surface area contributed by atoms with E-state index < -0.39 is 5.97 Å². The van der Waals surface area contributed by atoms with E-state index >= 15 is 0 Å². The van der Waals surface area contributed by atoms with Crippen LogP contribution in [0.4, 0.5) is 5.69 Å². The zero-order valence-corrected chi connectivity index (χ0v) is 12.3. The van der Waals surface area contributed by atoms with Gasteiger partial charge in [0.15, 0.2) is 0 Å². The number of halogens is 1. The molecule has 4 nitrogen and oxygen atoms in total. The van der Waals surface area contributed by atoms with Crippen molar-refractivity contribution in [2.75, 3.05) is 5.32 Å². The molecule has 6 heteroatoms. The van der Waals surface area contributed by atoms with Crippen molar-refractivity contribution in [1.82, 2.24) is 0 Å². The Morgan fingerprint density at radius 3 is 2.58 bits per heavy atom. The smallest absolute Gasteiger partial charge is 0.337 e. The Labute approximate surface area is 122 Å². The molecule has 1 aromatic carbocycles. The van der Waals surface area contributed by atoms with E-state index in [9.17, 15) is 9.59 Å². The Balaban J connectivity index is 2.33. The van der Waals surface area contributed by atoms with E-state index in [2.05, 4.69) is 21.2 Å². The molecule has 0 unspecified atom stereocenters. The molecule has 0 atom stereocenters. The molecule has 19 heavy (non-hydrogen) atoms. The van der Waals surface area contributed by atoms with Gasteiger partial charge in [-0.1, -0.05) is 6.07 Å². The Bertz CT molecular complexity index is 651. The molecule has 0 saturated carbocycles. The number of carbonyl (C=O) groups is 2. The van der Waals surface area contributed by atoms with E-state index in [0.717, 1.165) is 4.88 Å². The number of hydrogen-bond acceptors (Lipinski definition) is 3. The van der Waals surface area contributed by atoms with Crippen molar-refractivity contribution in [2.45, 2.75) is 6.92 Å². The highest BCUT2D eigenvalue weighted by atomic mass is 79.9. The van der Waals surface area contributed by atoms with Crippen LogP contribution in [0.25, 0.3) is 0 Å². The lowest BCUT2D eigenvalue weighted by atomic mass is 10.2. The van der Waals surface area contributed by atoms with E-state index in [1.807, 2.05) is 13.0 Å². The number of benzene rings is 1. The van der Waals surface area contributed by atoms with Crippen LogP contribution in [0.15, 0.2) is 34.8 Å². The highest BCUT2D eigenvalue weighted by molar-refractivity contribution is 9.10. The third-order valence-corrected chi connectivity index (χ3v) is 4.11. The molecule has 1 aromatic heterocycles. The molecule has 2 aromatic rings. The molecule has 0 aliphatic heterocycles. The summed E-state index contributed by atoms with van der Waals surface area (Å²) in [6, 6.07) is 8.30. The molecule has 0 aliphatic rings. The summed E-state index contributed by atoms with van der Waals surface area (Å²) in [7, 11) is 0. The standard InChI is InChI=1S/C13H10BrNO3S/c1-7-5-6-10(19-7)12(16)15-11-8(13(17)18)3-2-4-9(11)14/h2-6H,1H3,(H,15,16)(H,17,18). The lowest BCUT2D eigenvalue weighted by molar-refractivity contribution is 0.0698. The maximum Gasteiger partial charge on any atom is 0.337 e. The van der Waals surface area contributed by atoms with E-state index in [4.69, 9.17) is 5.11 Å². The third-order valence-electron chi connectivity index (χ3n) is 2.45. The summed E-state index contributed by atoms with van der Waals surface area (Å²) in [6.45, 7) is 1.91. The van der Waals surface area contributed by atoms with Crippen LogP contribution in [0.5, 0.6) is 0 Å². The van der Waals surface area contributed by atoms with Gasteiger partial charge in [0.25, 0.3) is 5.91 Å². The first-order valence-corrected chi connectivity index (χ1v) is 6.99. The molecule has 0 aliphatic carbocycles. The predicted molar refractivity (Wildman–Crippen MR) is 78.1 cm³/mol. The second-order valence-electron chi connectivity index (χ2n) is 3.83. The van der Waals surface area contributed by atoms with Gasteiger partial charge in [-0.3, -0.25) is 4.79 Å². The lowest BCUT2D eigenvalue weighted by Gasteiger charge is -2.09. The number of anilines is 1. The van der Waals surface area contributed by atoms with E-state index in [1.165, 1.54) is 17.4 Å². The van der Waals surface area contributed by atoms with Gasteiger partial charge in [0.2, 0.25) is 0 Å². The molecule has 0 spiro atoms. The summed E-state index contributed by atoms with van der Waals surface area (Å²) in [5.74, 6) is -1.40. The van der Waals surface area contributed by atoms with Crippen LogP contribution in [0, 0.1) is 6.92 Å². The minimum absolute atomic E-state index is 0.0519. The van der Waals surface area contributed by atoms with Crippen LogP contribution in [0.3, 0.4) is 0 Å². The molecule has 2 rings (SSSR count). The Kier molecular flexibility index (Phi) is 4.01. The molecule has 0 saturated heterocycles. The summed E-state index contributed by atoms with van der Waals surface area (Å²) in [5, 5.41) is 11.7. The van der Waals surface area contributed by atoms with Crippen molar-refractivity contribution < 1.29 is 14.7 Å². The number of aryl methyl sites for hydroxylation is 1. The summed E-state index contributed by atoms with van der Waals surface area (Å²) >= 11 is 4.61. The van der Waals surface area contributed by atoms with Gasteiger partial charge in [-0.2, -0.15) is 0 Å². The fourth-order valence-corrected chi connectivity index (χ4v) is 2.79. The number of nitrogens with one attached hydrogen (secondary N) is 1. The van der Waals surface area contributed by atoms with Crippen molar-refractivity contribution >= 4 is 44.8 Å². The Morgan fingerprint density at radius 2 is 2.00 bits per heavy atom. The molecule has 1 heterocycles. The van der Waals surface area contributed by atoms with Crippen LogP contribution >= 0.6 is 27.3 Å². The zero-order valence-electron chi connectivity index (χ0n) is 9.94. The monoisotopic (exact) mass is 339 g/mol. The maximum atomic E-state index is 12.0. The molecule has 0 fully saturated rings. The number of hydrogen-bond donors (Lipinski definition) is 2. The third kappa shape index (κ3) is 3.02. The summed E-state index contributed by atoms with van der Waals surface area (Å²) in [5.41, 5.74) is 0.321. The second-order valence-corrected chi connectivity index (χ2v) is 5.97. The molecule has 0 radical (unpaired) electrons. The first-order chi connectivity index (χ1) is 8.99. The van der Waals surface area contributed by atoms with Crippen LogP contribution < -0.4 is 5.32 Å². The zero-order chi connectivity index (χ0) is 14.0. The van der Waals surface area contributed by atoms with Gasteiger partial charge >= 0.3 is 5.97 Å². The maximum absolute atomic E-state index is 12.0. The number of carboxylic acids is 1. The highest BCUT2D eigenvalue weighted by Crippen LogP contribution is 2.27. The molecule has 98 valence electrons. The summed E-state index contributed by atoms with van der Waals surface area (Å²) < 4.78 is 0.536. The van der Waals surface area contributed by atoms with Gasteiger partial charge in [-0.05, 0) is 47.1 Å². The second kappa shape index (κ2) is 5.54. The number of aromatic carboxylic acids is 1. The molecule has 1 amide bonds.